The van der Waals surface area contributed by atoms with E-state index in [0.29, 0.717) is 6.54 Å². The topological polar surface area (TPSA) is 54.2 Å². The number of nitrogens with zero attached hydrogens (tertiary/aromatic N) is 3. The fraction of sp³-hybridized carbons (Fsp3) is 0.375. The smallest absolute Gasteiger partial charge is 0.191 e. The molecule has 6 heteroatoms. The van der Waals surface area contributed by atoms with Crippen molar-refractivity contribution in [2.45, 2.75) is 19.9 Å². The summed E-state index contributed by atoms with van der Waals surface area (Å²) >= 11 is 0. The number of benzene rings is 1. The minimum atomic E-state index is -0.207. The molecule has 0 fully saturated rings. The average Bonchev–Trinajstić information content (AvgIpc) is 3.02. The summed E-state index contributed by atoms with van der Waals surface area (Å²) in [4.78, 5) is 8.53. The van der Waals surface area contributed by atoms with Crippen molar-refractivity contribution in [1.29, 1.82) is 0 Å². The Kier molecular flexibility index (Phi) is 6.41. The maximum atomic E-state index is 12.8. The molecule has 0 aliphatic rings. The summed E-state index contributed by atoms with van der Waals surface area (Å²) < 4.78 is 14.8. The summed E-state index contributed by atoms with van der Waals surface area (Å²) in [5, 5.41) is 6.50. The van der Waals surface area contributed by atoms with E-state index in [0.717, 1.165) is 37.6 Å². The van der Waals surface area contributed by atoms with E-state index in [1.165, 1.54) is 12.1 Å². The van der Waals surface area contributed by atoms with Crippen molar-refractivity contribution in [3.05, 3.63) is 54.4 Å². The molecule has 0 aliphatic heterocycles. The largest absolute Gasteiger partial charge is 0.357 e. The molecule has 0 spiro atoms. The van der Waals surface area contributed by atoms with E-state index >= 15 is 0 Å². The molecule has 0 saturated carbocycles. The molecule has 0 amide bonds. The molecule has 1 aromatic carbocycles. The highest BCUT2D eigenvalue weighted by atomic mass is 19.1. The number of aromatic nitrogens is 2. The molecule has 2 rings (SSSR count). The zero-order chi connectivity index (χ0) is 15.6. The molecule has 118 valence electrons. The van der Waals surface area contributed by atoms with Gasteiger partial charge in [-0.3, -0.25) is 4.99 Å². The Morgan fingerprint density at radius 1 is 1.27 bits per heavy atom. The van der Waals surface area contributed by atoms with Gasteiger partial charge in [-0.05, 0) is 31.0 Å². The SMILES string of the molecule is CCNC(=NCCc1ccc(F)cc1)NCCn1ccnc1. The second-order valence-corrected chi connectivity index (χ2v) is 4.86. The highest BCUT2D eigenvalue weighted by Crippen LogP contribution is 2.03. The summed E-state index contributed by atoms with van der Waals surface area (Å²) in [5.74, 6) is 0.589. The zero-order valence-electron chi connectivity index (χ0n) is 12.8. The van der Waals surface area contributed by atoms with E-state index < -0.39 is 0 Å². The summed E-state index contributed by atoms with van der Waals surface area (Å²) in [6.45, 7) is 5.12. The van der Waals surface area contributed by atoms with Gasteiger partial charge in [0.25, 0.3) is 0 Å². The van der Waals surface area contributed by atoms with Gasteiger partial charge in [0, 0.05) is 38.6 Å². The van der Waals surface area contributed by atoms with Gasteiger partial charge in [-0.2, -0.15) is 0 Å². The quantitative estimate of drug-likeness (QED) is 0.606. The first kappa shape index (κ1) is 16.0. The second-order valence-electron chi connectivity index (χ2n) is 4.86. The lowest BCUT2D eigenvalue weighted by Crippen LogP contribution is -2.39. The van der Waals surface area contributed by atoms with Crippen LogP contribution in [0.4, 0.5) is 4.39 Å². The highest BCUT2D eigenvalue weighted by molar-refractivity contribution is 5.79. The summed E-state index contributed by atoms with van der Waals surface area (Å²) in [5.41, 5.74) is 1.08. The van der Waals surface area contributed by atoms with Crippen LogP contribution in [0.3, 0.4) is 0 Å². The molecule has 0 atom stereocenters. The Balaban J connectivity index is 1.77. The molecule has 0 bridgehead atoms. The van der Waals surface area contributed by atoms with Crippen LogP contribution in [0.5, 0.6) is 0 Å². The van der Waals surface area contributed by atoms with Gasteiger partial charge in [0.15, 0.2) is 5.96 Å². The Morgan fingerprint density at radius 2 is 2.09 bits per heavy atom. The normalized spacial score (nSPS) is 11.5. The lowest BCUT2D eigenvalue weighted by Gasteiger charge is -2.11. The van der Waals surface area contributed by atoms with Gasteiger partial charge in [-0.1, -0.05) is 12.1 Å². The fourth-order valence-electron chi connectivity index (χ4n) is 2.01. The highest BCUT2D eigenvalue weighted by Gasteiger charge is 1.98. The summed E-state index contributed by atoms with van der Waals surface area (Å²) in [7, 11) is 0. The number of hydrogen-bond acceptors (Lipinski definition) is 2. The first-order valence-electron chi connectivity index (χ1n) is 7.50. The van der Waals surface area contributed by atoms with Crippen molar-refractivity contribution in [2.24, 2.45) is 4.99 Å². The van der Waals surface area contributed by atoms with Crippen LogP contribution >= 0.6 is 0 Å². The van der Waals surface area contributed by atoms with Crippen LogP contribution in [0, 0.1) is 5.82 Å². The molecule has 0 saturated heterocycles. The Labute approximate surface area is 130 Å². The van der Waals surface area contributed by atoms with E-state index in [4.69, 9.17) is 0 Å². The maximum Gasteiger partial charge on any atom is 0.191 e. The predicted octanol–water partition coefficient (Wildman–Crippen LogP) is 1.82. The number of hydrogen-bond donors (Lipinski definition) is 2. The number of imidazole rings is 1. The van der Waals surface area contributed by atoms with Crippen molar-refractivity contribution in [2.75, 3.05) is 19.6 Å². The molecule has 22 heavy (non-hydrogen) atoms. The molecule has 0 radical (unpaired) electrons. The van der Waals surface area contributed by atoms with Gasteiger partial charge in [0.2, 0.25) is 0 Å². The molecular weight excluding hydrogens is 281 g/mol. The molecule has 0 aliphatic carbocycles. The van der Waals surface area contributed by atoms with Crippen LogP contribution < -0.4 is 10.6 Å². The monoisotopic (exact) mass is 303 g/mol. The van der Waals surface area contributed by atoms with Crippen molar-refractivity contribution in [3.8, 4) is 0 Å². The third kappa shape index (κ3) is 5.55. The lowest BCUT2D eigenvalue weighted by atomic mass is 10.1. The third-order valence-corrected chi connectivity index (χ3v) is 3.15. The fourth-order valence-corrected chi connectivity index (χ4v) is 2.01. The van der Waals surface area contributed by atoms with Crippen LogP contribution in [0.25, 0.3) is 0 Å². The molecule has 5 nitrogen and oxygen atoms in total. The molecule has 2 aromatic rings. The number of halogens is 1. The Bertz CT molecular complexity index is 563. The minimum Gasteiger partial charge on any atom is -0.357 e. The van der Waals surface area contributed by atoms with Crippen molar-refractivity contribution in [3.63, 3.8) is 0 Å². The molecule has 1 heterocycles. The molecule has 1 aromatic heterocycles. The maximum absolute atomic E-state index is 12.8. The van der Waals surface area contributed by atoms with Gasteiger partial charge >= 0.3 is 0 Å². The zero-order valence-corrected chi connectivity index (χ0v) is 12.8. The molecular formula is C16H22FN5. The Morgan fingerprint density at radius 3 is 2.77 bits per heavy atom. The predicted molar refractivity (Wildman–Crippen MR) is 86.3 cm³/mol. The van der Waals surface area contributed by atoms with E-state index in [2.05, 4.69) is 20.6 Å². The van der Waals surface area contributed by atoms with Crippen molar-refractivity contribution < 1.29 is 4.39 Å². The summed E-state index contributed by atoms with van der Waals surface area (Å²) in [6.07, 6.45) is 6.28. The average molecular weight is 303 g/mol. The molecule has 0 unspecified atom stereocenters. The standard InChI is InChI=1S/C16H22FN5/c1-2-19-16(21-10-12-22-11-9-18-13-22)20-8-7-14-3-5-15(17)6-4-14/h3-6,9,11,13H,2,7-8,10,12H2,1H3,(H2,19,20,21). The summed E-state index contributed by atoms with van der Waals surface area (Å²) in [6, 6.07) is 6.55. The van der Waals surface area contributed by atoms with Gasteiger partial charge in [-0.25, -0.2) is 9.37 Å². The number of aliphatic imine (C=N–C) groups is 1. The Hall–Kier alpha value is -2.37. The van der Waals surface area contributed by atoms with Crippen molar-refractivity contribution >= 4 is 5.96 Å². The first-order chi connectivity index (χ1) is 10.8. The van der Waals surface area contributed by atoms with Crippen LogP contribution in [0.2, 0.25) is 0 Å². The van der Waals surface area contributed by atoms with Gasteiger partial charge in [0.1, 0.15) is 5.82 Å². The van der Waals surface area contributed by atoms with Gasteiger partial charge in [0.05, 0.1) is 6.33 Å². The van der Waals surface area contributed by atoms with E-state index in [9.17, 15) is 4.39 Å². The van der Waals surface area contributed by atoms with E-state index in [-0.39, 0.29) is 5.82 Å². The van der Waals surface area contributed by atoms with Gasteiger partial charge < -0.3 is 15.2 Å². The second kappa shape index (κ2) is 8.81. The van der Waals surface area contributed by atoms with Crippen molar-refractivity contribution in [1.82, 2.24) is 20.2 Å². The third-order valence-electron chi connectivity index (χ3n) is 3.15. The number of rotatable bonds is 7. The van der Waals surface area contributed by atoms with Gasteiger partial charge in [-0.15, -0.1) is 0 Å². The van der Waals surface area contributed by atoms with E-state index in [1.807, 2.05) is 17.7 Å². The number of guanidine groups is 1. The van der Waals surface area contributed by atoms with E-state index in [1.54, 1.807) is 24.7 Å². The number of nitrogens with one attached hydrogen (secondary N) is 2. The van der Waals surface area contributed by atoms with Crippen LogP contribution in [0.1, 0.15) is 12.5 Å². The first-order valence-corrected chi connectivity index (χ1v) is 7.50. The van der Waals surface area contributed by atoms with Crippen LogP contribution in [-0.2, 0) is 13.0 Å². The van der Waals surface area contributed by atoms with Crippen LogP contribution in [-0.4, -0.2) is 35.1 Å². The molecule has 2 N–H and O–H groups in total. The minimum absolute atomic E-state index is 0.207. The lowest BCUT2D eigenvalue weighted by molar-refractivity contribution is 0.627. The van der Waals surface area contributed by atoms with Crippen LogP contribution in [0.15, 0.2) is 48.0 Å².